The molecule has 0 atom stereocenters. The quantitative estimate of drug-likeness (QED) is 0.471. The number of cyclic esters (lactones) is 2. The lowest BCUT2D eigenvalue weighted by molar-refractivity contribution is -0.222. The van der Waals surface area contributed by atoms with Gasteiger partial charge in [0.05, 0.1) is 0 Å². The number of hydrogen-bond donors (Lipinski definition) is 0. The van der Waals surface area contributed by atoms with Gasteiger partial charge in [-0.15, -0.1) is 0 Å². The van der Waals surface area contributed by atoms with Crippen LogP contribution in [0.1, 0.15) is 19.4 Å². The number of halogens is 2. The predicted octanol–water partition coefficient (Wildman–Crippen LogP) is 3.98. The molecule has 1 aliphatic heterocycles. The standard InChI is InChI=1S/C19H14F2O5/c1-19(2)25-17(22)13(18(23)26-19)9-11-5-3-4-6-16(11)24-12-7-8-14(20)15(21)10-12/h3-10H,1-2H3. The molecule has 1 heterocycles. The molecule has 1 fully saturated rings. The van der Waals surface area contributed by atoms with Crippen molar-refractivity contribution in [2.75, 3.05) is 0 Å². The Morgan fingerprint density at radius 3 is 2.27 bits per heavy atom. The molecule has 5 nitrogen and oxygen atoms in total. The molecule has 0 aliphatic carbocycles. The predicted molar refractivity (Wildman–Crippen MR) is 87.1 cm³/mol. The number of hydrogen-bond acceptors (Lipinski definition) is 5. The van der Waals surface area contributed by atoms with Crippen LogP contribution >= 0.6 is 0 Å². The summed E-state index contributed by atoms with van der Waals surface area (Å²) in [5.74, 6) is -4.75. The zero-order valence-electron chi connectivity index (χ0n) is 13.9. The number of benzene rings is 2. The minimum atomic E-state index is -1.34. The van der Waals surface area contributed by atoms with Crippen LogP contribution in [0, 0.1) is 11.6 Å². The van der Waals surface area contributed by atoms with Crippen molar-refractivity contribution in [2.24, 2.45) is 0 Å². The molecule has 7 heteroatoms. The van der Waals surface area contributed by atoms with E-state index in [2.05, 4.69) is 0 Å². The van der Waals surface area contributed by atoms with Crippen LogP contribution < -0.4 is 4.74 Å². The summed E-state index contributed by atoms with van der Waals surface area (Å²) in [5.41, 5.74) is 0.0616. The van der Waals surface area contributed by atoms with Crippen molar-refractivity contribution in [3.05, 3.63) is 65.2 Å². The van der Waals surface area contributed by atoms with Crippen LogP contribution in [0.3, 0.4) is 0 Å². The second-order valence-corrected chi connectivity index (χ2v) is 5.95. The van der Waals surface area contributed by atoms with Crippen LogP contribution in [0.4, 0.5) is 8.78 Å². The van der Waals surface area contributed by atoms with E-state index in [0.29, 0.717) is 5.56 Å². The largest absolute Gasteiger partial charge is 0.457 e. The van der Waals surface area contributed by atoms with E-state index >= 15 is 0 Å². The zero-order valence-corrected chi connectivity index (χ0v) is 13.9. The molecule has 0 saturated carbocycles. The smallest absolute Gasteiger partial charge is 0.348 e. The molecular weight excluding hydrogens is 346 g/mol. The third-order valence-electron chi connectivity index (χ3n) is 3.45. The lowest BCUT2D eigenvalue weighted by Gasteiger charge is -2.29. The number of carbonyl (C=O) groups is 2. The summed E-state index contributed by atoms with van der Waals surface area (Å²) in [6.45, 7) is 2.89. The van der Waals surface area contributed by atoms with E-state index in [1.165, 1.54) is 26.0 Å². The third kappa shape index (κ3) is 3.72. The van der Waals surface area contributed by atoms with E-state index in [9.17, 15) is 18.4 Å². The van der Waals surface area contributed by atoms with Gasteiger partial charge in [0.2, 0.25) is 0 Å². The van der Waals surface area contributed by atoms with E-state index in [0.717, 1.165) is 12.1 Å². The van der Waals surface area contributed by atoms with Crippen LogP contribution in [-0.2, 0) is 19.1 Å². The molecule has 0 N–H and O–H groups in total. The molecule has 0 radical (unpaired) electrons. The number of carbonyl (C=O) groups excluding carboxylic acids is 2. The highest BCUT2D eigenvalue weighted by Crippen LogP contribution is 2.30. The first-order chi connectivity index (χ1) is 12.2. The van der Waals surface area contributed by atoms with E-state index in [1.807, 2.05) is 0 Å². The first kappa shape index (κ1) is 17.6. The molecular formula is C19H14F2O5. The van der Waals surface area contributed by atoms with E-state index in [4.69, 9.17) is 14.2 Å². The Morgan fingerprint density at radius 2 is 1.62 bits per heavy atom. The summed E-state index contributed by atoms with van der Waals surface area (Å²) in [7, 11) is 0. The third-order valence-corrected chi connectivity index (χ3v) is 3.45. The molecule has 134 valence electrons. The highest BCUT2D eigenvalue weighted by atomic mass is 19.2. The fraction of sp³-hybridized carbons (Fsp3) is 0.158. The van der Waals surface area contributed by atoms with Crippen LogP contribution in [0.2, 0.25) is 0 Å². The van der Waals surface area contributed by atoms with Gasteiger partial charge >= 0.3 is 11.9 Å². The van der Waals surface area contributed by atoms with Gasteiger partial charge in [0.25, 0.3) is 5.79 Å². The molecule has 0 bridgehead atoms. The Labute approximate surface area is 147 Å². The fourth-order valence-electron chi connectivity index (χ4n) is 2.29. The monoisotopic (exact) mass is 360 g/mol. The zero-order chi connectivity index (χ0) is 18.9. The lowest BCUT2D eigenvalue weighted by Crippen LogP contribution is -2.41. The van der Waals surface area contributed by atoms with Crippen molar-refractivity contribution in [1.82, 2.24) is 0 Å². The van der Waals surface area contributed by atoms with E-state index in [-0.39, 0.29) is 17.1 Å². The van der Waals surface area contributed by atoms with E-state index in [1.54, 1.807) is 24.3 Å². The average molecular weight is 360 g/mol. The Morgan fingerprint density at radius 1 is 0.962 bits per heavy atom. The maximum absolute atomic E-state index is 13.3. The van der Waals surface area contributed by atoms with Gasteiger partial charge in [0.1, 0.15) is 17.1 Å². The van der Waals surface area contributed by atoms with Crippen molar-refractivity contribution < 1.29 is 32.6 Å². The van der Waals surface area contributed by atoms with Gasteiger partial charge in [0, 0.05) is 25.5 Å². The molecule has 1 saturated heterocycles. The van der Waals surface area contributed by atoms with Crippen LogP contribution in [0.5, 0.6) is 11.5 Å². The highest BCUT2D eigenvalue weighted by Gasteiger charge is 2.39. The van der Waals surface area contributed by atoms with Crippen LogP contribution in [0.25, 0.3) is 6.08 Å². The maximum Gasteiger partial charge on any atom is 0.348 e. The minimum absolute atomic E-state index is 0.0599. The van der Waals surface area contributed by atoms with Crippen molar-refractivity contribution in [3.63, 3.8) is 0 Å². The Bertz CT molecular complexity index is 896. The van der Waals surface area contributed by atoms with Gasteiger partial charge in [-0.05, 0) is 24.3 Å². The highest BCUT2D eigenvalue weighted by molar-refractivity contribution is 6.19. The summed E-state index contributed by atoms with van der Waals surface area (Å²) in [6, 6.07) is 9.54. The van der Waals surface area contributed by atoms with Gasteiger partial charge in [-0.2, -0.15) is 0 Å². The summed E-state index contributed by atoms with van der Waals surface area (Å²) < 4.78 is 42.0. The topological polar surface area (TPSA) is 61.8 Å². The van der Waals surface area contributed by atoms with Gasteiger partial charge < -0.3 is 14.2 Å². The second kappa shape index (κ2) is 6.59. The van der Waals surface area contributed by atoms with Gasteiger partial charge in [-0.1, -0.05) is 18.2 Å². The lowest BCUT2D eigenvalue weighted by atomic mass is 10.1. The average Bonchev–Trinajstić information content (AvgIpc) is 2.55. The van der Waals surface area contributed by atoms with Crippen molar-refractivity contribution in [3.8, 4) is 11.5 Å². The van der Waals surface area contributed by atoms with Gasteiger partial charge in [0.15, 0.2) is 11.6 Å². The molecule has 26 heavy (non-hydrogen) atoms. The molecule has 1 aliphatic rings. The Hall–Kier alpha value is -3.22. The van der Waals surface area contributed by atoms with E-state index < -0.39 is 29.4 Å². The van der Waals surface area contributed by atoms with Gasteiger partial charge in [-0.25, -0.2) is 18.4 Å². The second-order valence-electron chi connectivity index (χ2n) is 5.95. The van der Waals surface area contributed by atoms with Crippen LogP contribution in [0.15, 0.2) is 48.0 Å². The van der Waals surface area contributed by atoms with Crippen molar-refractivity contribution in [2.45, 2.75) is 19.6 Å². The molecule has 0 spiro atoms. The van der Waals surface area contributed by atoms with Crippen molar-refractivity contribution in [1.29, 1.82) is 0 Å². The summed E-state index contributed by atoms with van der Waals surface area (Å²) in [5, 5.41) is 0. The molecule has 2 aromatic rings. The normalized spacial score (nSPS) is 15.9. The number of esters is 2. The molecule has 2 aromatic carbocycles. The SMILES string of the molecule is CC1(C)OC(=O)C(=Cc2ccccc2Oc2ccc(F)c(F)c2)C(=O)O1. The maximum atomic E-state index is 13.3. The fourth-order valence-corrected chi connectivity index (χ4v) is 2.29. The van der Waals surface area contributed by atoms with Gasteiger partial charge in [-0.3, -0.25) is 0 Å². The number of ether oxygens (including phenoxy) is 3. The Balaban J connectivity index is 1.93. The summed E-state index contributed by atoms with van der Waals surface area (Å²) in [4.78, 5) is 24.1. The Kier molecular flexibility index (Phi) is 4.46. The minimum Gasteiger partial charge on any atom is -0.457 e. The summed E-state index contributed by atoms with van der Waals surface area (Å²) >= 11 is 0. The first-order valence-corrected chi connectivity index (χ1v) is 7.65. The first-order valence-electron chi connectivity index (χ1n) is 7.65. The molecule has 3 rings (SSSR count). The number of para-hydroxylation sites is 1. The molecule has 0 amide bonds. The summed E-state index contributed by atoms with van der Waals surface area (Å²) in [6.07, 6.45) is 1.26. The van der Waals surface area contributed by atoms with Crippen LogP contribution in [-0.4, -0.2) is 17.7 Å². The molecule has 0 unspecified atom stereocenters. The molecule has 0 aromatic heterocycles. The number of rotatable bonds is 3. The van der Waals surface area contributed by atoms with Crippen molar-refractivity contribution >= 4 is 18.0 Å².